The van der Waals surface area contributed by atoms with Crippen LogP contribution in [0.25, 0.3) is 0 Å². The maximum absolute atomic E-state index is 11.3. The summed E-state index contributed by atoms with van der Waals surface area (Å²) in [6, 6.07) is 2.50. The highest BCUT2D eigenvalue weighted by Crippen LogP contribution is 2.66. The van der Waals surface area contributed by atoms with Crippen LogP contribution < -0.4 is 0 Å². The van der Waals surface area contributed by atoms with Crippen molar-refractivity contribution in [3.63, 3.8) is 0 Å². The maximum Gasteiger partial charge on any atom is 0.302 e. The lowest BCUT2D eigenvalue weighted by molar-refractivity contribution is -0.158. The number of nitrogens with zero attached hydrogens (tertiary/aromatic N) is 1. The number of allylic oxidation sites excluding steroid dienone is 2. The Kier molecular flexibility index (Phi) is 4.02. The Labute approximate surface area is 151 Å². The van der Waals surface area contributed by atoms with Crippen LogP contribution in [0.2, 0.25) is 0 Å². The third-order valence-corrected chi connectivity index (χ3v) is 8.65. The van der Waals surface area contributed by atoms with Crippen molar-refractivity contribution in [2.45, 2.75) is 78.2 Å². The van der Waals surface area contributed by atoms with Crippen LogP contribution in [0, 0.1) is 45.8 Å². The fourth-order valence-electron chi connectivity index (χ4n) is 7.30. The summed E-state index contributed by atoms with van der Waals surface area (Å²) in [6.45, 7) is 6.41. The average Bonchev–Trinajstić information content (AvgIpc) is 2.91. The molecule has 0 aromatic carbocycles. The number of esters is 1. The smallest absolute Gasteiger partial charge is 0.302 e. The molecule has 3 saturated carbocycles. The maximum atomic E-state index is 11.3. The Hall–Kier alpha value is -1.30. The van der Waals surface area contributed by atoms with Crippen molar-refractivity contribution >= 4 is 5.97 Å². The molecule has 0 amide bonds. The predicted octanol–water partition coefficient (Wildman–Crippen LogP) is 5.02. The van der Waals surface area contributed by atoms with E-state index in [1.165, 1.54) is 39.0 Å². The van der Waals surface area contributed by atoms with Crippen molar-refractivity contribution in [2.75, 3.05) is 0 Å². The zero-order valence-electron chi connectivity index (χ0n) is 15.9. The number of carbonyl (C=O) groups is 1. The largest absolute Gasteiger partial charge is 0.463 e. The van der Waals surface area contributed by atoms with Crippen LogP contribution in [0.5, 0.6) is 0 Å². The van der Waals surface area contributed by atoms with Gasteiger partial charge in [0.15, 0.2) is 0 Å². The third kappa shape index (κ3) is 2.47. The summed E-state index contributed by atoms with van der Waals surface area (Å²) in [6.07, 6.45) is 11.8. The van der Waals surface area contributed by atoms with E-state index in [0.717, 1.165) is 36.7 Å². The lowest BCUT2D eigenvalue weighted by Crippen LogP contribution is -2.53. The first-order valence-corrected chi connectivity index (χ1v) is 10.2. The van der Waals surface area contributed by atoms with Crippen LogP contribution in [0.3, 0.4) is 0 Å². The molecule has 4 aliphatic carbocycles. The zero-order chi connectivity index (χ0) is 17.8. The highest BCUT2D eigenvalue weighted by atomic mass is 16.5. The van der Waals surface area contributed by atoms with Crippen molar-refractivity contribution in [3.05, 3.63) is 11.6 Å². The van der Waals surface area contributed by atoms with Gasteiger partial charge >= 0.3 is 5.97 Å². The van der Waals surface area contributed by atoms with Gasteiger partial charge in [-0.2, -0.15) is 5.26 Å². The zero-order valence-corrected chi connectivity index (χ0v) is 15.9. The van der Waals surface area contributed by atoms with Crippen LogP contribution in [0.4, 0.5) is 0 Å². The van der Waals surface area contributed by atoms with Gasteiger partial charge in [0.05, 0.1) is 6.07 Å². The monoisotopic (exact) mass is 341 g/mol. The molecule has 7 atom stereocenters. The van der Waals surface area contributed by atoms with Gasteiger partial charge in [-0.05, 0) is 80.5 Å². The van der Waals surface area contributed by atoms with Crippen LogP contribution >= 0.6 is 0 Å². The average molecular weight is 341 g/mol. The van der Waals surface area contributed by atoms with E-state index in [4.69, 9.17) is 4.74 Å². The number of ether oxygens (including phenoxy) is 1. The van der Waals surface area contributed by atoms with Gasteiger partial charge in [-0.1, -0.05) is 19.9 Å². The first-order chi connectivity index (χ1) is 11.9. The second-order valence-electron chi connectivity index (χ2n) is 9.58. The predicted molar refractivity (Wildman–Crippen MR) is 96.4 cm³/mol. The normalized spacial score (nSPS) is 48.4. The van der Waals surface area contributed by atoms with E-state index < -0.39 is 0 Å². The van der Waals surface area contributed by atoms with Gasteiger partial charge in [-0.15, -0.1) is 0 Å². The quantitative estimate of drug-likeness (QED) is 0.629. The Bertz CT molecular complexity index is 647. The molecule has 0 heterocycles. The Morgan fingerprint density at radius 3 is 2.72 bits per heavy atom. The molecular formula is C22H31NO2. The number of fused-ring (bicyclic) bond motifs is 5. The van der Waals surface area contributed by atoms with E-state index in [2.05, 4.69) is 26.0 Å². The summed E-state index contributed by atoms with van der Waals surface area (Å²) in [5.74, 6) is 2.80. The fourth-order valence-corrected chi connectivity index (χ4v) is 7.30. The first kappa shape index (κ1) is 17.1. The van der Waals surface area contributed by atoms with Gasteiger partial charge in [0.25, 0.3) is 0 Å². The Morgan fingerprint density at radius 2 is 2.00 bits per heavy atom. The molecule has 0 N–H and O–H groups in total. The van der Waals surface area contributed by atoms with Crippen molar-refractivity contribution in [1.82, 2.24) is 0 Å². The first-order valence-electron chi connectivity index (χ1n) is 10.2. The summed E-state index contributed by atoms with van der Waals surface area (Å²) < 4.78 is 5.55. The van der Waals surface area contributed by atoms with E-state index in [-0.39, 0.29) is 17.5 Å². The summed E-state index contributed by atoms with van der Waals surface area (Å²) in [4.78, 5) is 11.3. The molecule has 4 aliphatic rings. The van der Waals surface area contributed by atoms with Crippen LogP contribution in [-0.4, -0.2) is 12.1 Å². The molecule has 0 aromatic heterocycles. The van der Waals surface area contributed by atoms with Crippen LogP contribution in [0.1, 0.15) is 72.1 Å². The van der Waals surface area contributed by atoms with E-state index in [1.54, 1.807) is 0 Å². The molecule has 0 aromatic rings. The van der Waals surface area contributed by atoms with Gasteiger partial charge in [0.2, 0.25) is 0 Å². The number of rotatable bonds is 1. The van der Waals surface area contributed by atoms with Crippen LogP contribution in [-0.2, 0) is 9.53 Å². The molecule has 3 fully saturated rings. The van der Waals surface area contributed by atoms with Gasteiger partial charge in [-0.25, -0.2) is 0 Å². The Balaban J connectivity index is 1.54. The summed E-state index contributed by atoms with van der Waals surface area (Å²) in [5, 5.41) is 9.55. The lowest BCUT2D eigenvalue weighted by Gasteiger charge is -2.60. The highest BCUT2D eigenvalue weighted by Gasteiger charge is 2.58. The molecule has 4 rings (SSSR count). The molecular weight excluding hydrogens is 310 g/mol. The van der Waals surface area contributed by atoms with Crippen LogP contribution in [0.15, 0.2) is 11.6 Å². The molecule has 0 saturated heterocycles. The topological polar surface area (TPSA) is 50.1 Å². The van der Waals surface area contributed by atoms with E-state index in [1.807, 2.05) is 0 Å². The van der Waals surface area contributed by atoms with Crippen molar-refractivity contribution in [3.8, 4) is 6.07 Å². The molecule has 3 nitrogen and oxygen atoms in total. The summed E-state index contributed by atoms with van der Waals surface area (Å²) in [7, 11) is 0. The van der Waals surface area contributed by atoms with E-state index in [0.29, 0.717) is 17.3 Å². The molecule has 0 unspecified atom stereocenters. The molecule has 3 heteroatoms. The van der Waals surface area contributed by atoms with Gasteiger partial charge in [0, 0.05) is 17.9 Å². The standard InChI is InChI=1S/C22H31NO2/c1-14(24)25-17-8-10-21(2)15(12-17)4-6-18-19-7-5-16(13-23)22(19,3)11-9-20(18)21/h5,15,17-20H,4,6-12H2,1-3H3/t15-,17-,18-,19-,20+,21-,22+/m0/s1. The van der Waals surface area contributed by atoms with Gasteiger partial charge in [0.1, 0.15) is 6.10 Å². The van der Waals surface area contributed by atoms with Crippen molar-refractivity contribution < 1.29 is 9.53 Å². The number of hydrogen-bond donors (Lipinski definition) is 0. The molecule has 136 valence electrons. The van der Waals surface area contributed by atoms with E-state index >= 15 is 0 Å². The fraction of sp³-hybridized carbons (Fsp3) is 0.818. The molecule has 0 spiro atoms. The highest BCUT2D eigenvalue weighted by molar-refractivity contribution is 5.66. The van der Waals surface area contributed by atoms with Gasteiger partial charge < -0.3 is 4.74 Å². The summed E-state index contributed by atoms with van der Waals surface area (Å²) >= 11 is 0. The SMILES string of the molecule is CC(=O)O[C@H]1CC[C@@]2(C)[C@@H](CC[C@@H]3[C@H]2CC[C@]2(C)C(C#N)=CC[C@@H]32)C1. The minimum Gasteiger partial charge on any atom is -0.463 e. The second kappa shape index (κ2) is 5.86. The molecule has 25 heavy (non-hydrogen) atoms. The van der Waals surface area contributed by atoms with E-state index in [9.17, 15) is 10.1 Å². The van der Waals surface area contributed by atoms with Crippen molar-refractivity contribution in [2.24, 2.45) is 34.5 Å². The number of nitriles is 1. The van der Waals surface area contributed by atoms with Gasteiger partial charge in [-0.3, -0.25) is 4.79 Å². The lowest BCUT2D eigenvalue weighted by atomic mass is 9.44. The molecule has 0 bridgehead atoms. The molecule has 0 radical (unpaired) electrons. The number of carbonyl (C=O) groups excluding carboxylic acids is 1. The molecule has 0 aliphatic heterocycles. The number of hydrogen-bond acceptors (Lipinski definition) is 3. The Morgan fingerprint density at radius 1 is 1.20 bits per heavy atom. The minimum atomic E-state index is -0.128. The second-order valence-corrected chi connectivity index (χ2v) is 9.58. The minimum absolute atomic E-state index is 0.128. The third-order valence-electron chi connectivity index (χ3n) is 8.65. The van der Waals surface area contributed by atoms with Crippen molar-refractivity contribution in [1.29, 1.82) is 5.26 Å². The summed E-state index contributed by atoms with van der Waals surface area (Å²) in [5.41, 5.74) is 1.59.